The lowest BCUT2D eigenvalue weighted by atomic mass is 10.1. The second-order valence-corrected chi connectivity index (χ2v) is 3.86. The molecule has 1 aliphatic heterocycles. The average Bonchev–Trinajstić information content (AvgIpc) is 2.78. The van der Waals surface area contributed by atoms with E-state index >= 15 is 0 Å². The molecule has 1 aromatic heterocycles. The van der Waals surface area contributed by atoms with Crippen molar-refractivity contribution in [3.8, 4) is 0 Å². The number of piperidine rings is 1. The molecule has 2 heterocycles. The molecular formula is C11H17N3O. The van der Waals surface area contributed by atoms with E-state index in [0.29, 0.717) is 6.04 Å². The number of nitrogens with one attached hydrogen (secondary N) is 2. The van der Waals surface area contributed by atoms with Crippen LogP contribution in [0.2, 0.25) is 0 Å². The Hall–Kier alpha value is -1.29. The van der Waals surface area contributed by atoms with E-state index < -0.39 is 0 Å². The van der Waals surface area contributed by atoms with Gasteiger partial charge in [0.15, 0.2) is 0 Å². The van der Waals surface area contributed by atoms with Crippen LogP contribution in [-0.2, 0) is 0 Å². The van der Waals surface area contributed by atoms with Gasteiger partial charge in [0, 0.05) is 19.3 Å². The number of nitrogens with zero attached hydrogens (tertiary/aromatic N) is 1. The third-order valence-electron chi connectivity index (χ3n) is 2.94. The highest BCUT2D eigenvalue weighted by molar-refractivity contribution is 5.92. The Morgan fingerprint density at radius 1 is 1.53 bits per heavy atom. The maximum absolute atomic E-state index is 11.6. The molecule has 0 saturated carbocycles. The van der Waals surface area contributed by atoms with E-state index in [-0.39, 0.29) is 5.91 Å². The van der Waals surface area contributed by atoms with Gasteiger partial charge in [-0.2, -0.15) is 0 Å². The number of carbonyl (C=O) groups excluding carboxylic acids is 1. The van der Waals surface area contributed by atoms with E-state index in [4.69, 9.17) is 0 Å². The van der Waals surface area contributed by atoms with Gasteiger partial charge in [-0.1, -0.05) is 0 Å². The first-order valence-electron chi connectivity index (χ1n) is 5.42. The molecule has 2 rings (SSSR count). The minimum Gasteiger partial charge on any atom is -0.354 e. The Labute approximate surface area is 89.7 Å². The molecule has 1 saturated heterocycles. The van der Waals surface area contributed by atoms with Gasteiger partial charge in [-0.15, -0.1) is 0 Å². The molecule has 1 aromatic rings. The molecular weight excluding hydrogens is 190 g/mol. The summed E-state index contributed by atoms with van der Waals surface area (Å²) >= 11 is 0. The van der Waals surface area contributed by atoms with Gasteiger partial charge in [0.1, 0.15) is 5.69 Å². The molecule has 4 heteroatoms. The Kier molecular flexibility index (Phi) is 3.06. The van der Waals surface area contributed by atoms with Crippen molar-refractivity contribution in [2.75, 3.05) is 20.1 Å². The number of hydrogen-bond acceptors (Lipinski definition) is 2. The zero-order valence-corrected chi connectivity index (χ0v) is 8.99. The second kappa shape index (κ2) is 4.49. The molecule has 1 amide bonds. The van der Waals surface area contributed by atoms with Crippen LogP contribution in [0.1, 0.15) is 29.4 Å². The topological polar surface area (TPSA) is 46.1 Å². The van der Waals surface area contributed by atoms with Gasteiger partial charge in [0.2, 0.25) is 0 Å². The van der Waals surface area contributed by atoms with E-state index in [1.54, 1.807) is 7.05 Å². The van der Waals surface area contributed by atoms with Crippen molar-refractivity contribution in [1.29, 1.82) is 0 Å². The van der Waals surface area contributed by atoms with Crippen LogP contribution in [0.5, 0.6) is 0 Å². The molecule has 4 nitrogen and oxygen atoms in total. The minimum atomic E-state index is -0.00136. The van der Waals surface area contributed by atoms with Crippen LogP contribution in [0.4, 0.5) is 0 Å². The maximum Gasteiger partial charge on any atom is 0.267 e. The Bertz CT molecular complexity index is 339. The minimum absolute atomic E-state index is 0.00136. The number of hydrogen-bond donors (Lipinski definition) is 2. The fraction of sp³-hybridized carbons (Fsp3) is 0.545. The third kappa shape index (κ3) is 2.04. The summed E-state index contributed by atoms with van der Waals surface area (Å²) in [4.78, 5) is 11.6. The van der Waals surface area contributed by atoms with Crippen molar-refractivity contribution < 1.29 is 4.79 Å². The van der Waals surface area contributed by atoms with Gasteiger partial charge < -0.3 is 15.2 Å². The van der Waals surface area contributed by atoms with Crippen molar-refractivity contribution in [2.24, 2.45) is 0 Å². The summed E-state index contributed by atoms with van der Waals surface area (Å²) in [5, 5.41) is 6.00. The van der Waals surface area contributed by atoms with Crippen molar-refractivity contribution >= 4 is 5.91 Å². The zero-order valence-electron chi connectivity index (χ0n) is 8.99. The Morgan fingerprint density at radius 3 is 2.93 bits per heavy atom. The van der Waals surface area contributed by atoms with Gasteiger partial charge in [0.05, 0.1) is 0 Å². The van der Waals surface area contributed by atoms with Crippen molar-refractivity contribution in [2.45, 2.75) is 18.9 Å². The molecule has 0 spiro atoms. The van der Waals surface area contributed by atoms with E-state index in [2.05, 4.69) is 15.2 Å². The molecule has 0 unspecified atom stereocenters. The predicted octanol–water partition coefficient (Wildman–Crippen LogP) is 0.772. The Morgan fingerprint density at radius 2 is 2.27 bits per heavy atom. The van der Waals surface area contributed by atoms with Gasteiger partial charge in [-0.25, -0.2) is 0 Å². The normalized spacial score (nSPS) is 17.7. The highest BCUT2D eigenvalue weighted by atomic mass is 16.1. The number of amides is 1. The van der Waals surface area contributed by atoms with E-state index in [0.717, 1.165) is 31.6 Å². The van der Waals surface area contributed by atoms with Crippen molar-refractivity contribution in [3.63, 3.8) is 0 Å². The smallest absolute Gasteiger partial charge is 0.267 e. The van der Waals surface area contributed by atoms with Crippen LogP contribution in [0.3, 0.4) is 0 Å². The van der Waals surface area contributed by atoms with Crippen LogP contribution in [0, 0.1) is 0 Å². The first-order chi connectivity index (χ1) is 7.33. The average molecular weight is 207 g/mol. The molecule has 0 aliphatic carbocycles. The third-order valence-corrected chi connectivity index (χ3v) is 2.94. The monoisotopic (exact) mass is 207 g/mol. The summed E-state index contributed by atoms with van der Waals surface area (Å²) in [5.41, 5.74) is 0.768. The summed E-state index contributed by atoms with van der Waals surface area (Å²) in [6.45, 7) is 2.08. The van der Waals surface area contributed by atoms with E-state index in [9.17, 15) is 4.79 Å². The van der Waals surface area contributed by atoms with Gasteiger partial charge in [-0.3, -0.25) is 4.79 Å². The van der Waals surface area contributed by atoms with Crippen LogP contribution >= 0.6 is 0 Å². The first-order valence-corrected chi connectivity index (χ1v) is 5.42. The molecule has 1 fully saturated rings. The number of carbonyl (C=O) groups is 1. The number of aromatic nitrogens is 1. The molecule has 0 bridgehead atoms. The highest BCUT2D eigenvalue weighted by Gasteiger charge is 2.18. The lowest BCUT2D eigenvalue weighted by Crippen LogP contribution is -2.31. The van der Waals surface area contributed by atoms with Gasteiger partial charge >= 0.3 is 0 Å². The fourth-order valence-electron chi connectivity index (χ4n) is 2.12. The Balaban J connectivity index is 2.19. The summed E-state index contributed by atoms with van der Waals surface area (Å²) in [5.74, 6) is -0.00136. The SMILES string of the molecule is CNC(=O)c1cccn1C1CCNCC1. The quantitative estimate of drug-likeness (QED) is 0.752. The summed E-state index contributed by atoms with van der Waals surface area (Å²) in [6, 6.07) is 4.28. The lowest BCUT2D eigenvalue weighted by Gasteiger charge is -2.25. The molecule has 15 heavy (non-hydrogen) atoms. The summed E-state index contributed by atoms with van der Waals surface area (Å²) in [7, 11) is 1.67. The highest BCUT2D eigenvalue weighted by Crippen LogP contribution is 2.20. The fourth-order valence-corrected chi connectivity index (χ4v) is 2.12. The standard InChI is InChI=1S/C11H17N3O/c1-12-11(15)10-3-2-8-14(10)9-4-6-13-7-5-9/h2-3,8-9,13H,4-7H2,1H3,(H,12,15). The second-order valence-electron chi connectivity index (χ2n) is 3.86. The molecule has 0 radical (unpaired) electrons. The van der Waals surface area contributed by atoms with Crippen molar-refractivity contribution in [1.82, 2.24) is 15.2 Å². The van der Waals surface area contributed by atoms with E-state index in [1.807, 2.05) is 18.3 Å². The molecule has 0 atom stereocenters. The van der Waals surface area contributed by atoms with Crippen LogP contribution in [0.15, 0.2) is 18.3 Å². The zero-order chi connectivity index (χ0) is 10.7. The van der Waals surface area contributed by atoms with Crippen LogP contribution < -0.4 is 10.6 Å². The van der Waals surface area contributed by atoms with E-state index in [1.165, 1.54) is 0 Å². The number of rotatable bonds is 2. The molecule has 82 valence electrons. The van der Waals surface area contributed by atoms with Crippen LogP contribution in [-0.4, -0.2) is 30.6 Å². The van der Waals surface area contributed by atoms with Crippen molar-refractivity contribution in [3.05, 3.63) is 24.0 Å². The summed E-state index contributed by atoms with van der Waals surface area (Å²) < 4.78 is 2.10. The first kappa shape index (κ1) is 10.2. The maximum atomic E-state index is 11.6. The molecule has 0 aromatic carbocycles. The predicted molar refractivity (Wildman–Crippen MR) is 59.0 cm³/mol. The van der Waals surface area contributed by atoms with Gasteiger partial charge in [0.25, 0.3) is 5.91 Å². The molecule has 1 aliphatic rings. The lowest BCUT2D eigenvalue weighted by molar-refractivity contribution is 0.0950. The molecule has 2 N–H and O–H groups in total. The summed E-state index contributed by atoms with van der Waals surface area (Å²) in [6.07, 6.45) is 4.19. The largest absolute Gasteiger partial charge is 0.354 e. The van der Waals surface area contributed by atoms with Crippen LogP contribution in [0.25, 0.3) is 0 Å². The van der Waals surface area contributed by atoms with Gasteiger partial charge in [-0.05, 0) is 38.1 Å².